The van der Waals surface area contributed by atoms with Crippen LogP contribution in [0.4, 0.5) is 18.0 Å². The Balaban J connectivity index is 2.22. The lowest BCUT2D eigenvalue weighted by Gasteiger charge is -2.43. The maximum Gasteiger partial charge on any atom is 0.419 e. The molecule has 0 unspecified atom stereocenters. The summed E-state index contributed by atoms with van der Waals surface area (Å²) < 4.78 is 67.8. The lowest BCUT2D eigenvalue weighted by Crippen LogP contribution is -2.52. The largest absolute Gasteiger partial charge is 0.493 e. The summed E-state index contributed by atoms with van der Waals surface area (Å²) in [6.45, 7) is 12.5. The summed E-state index contributed by atoms with van der Waals surface area (Å²) >= 11 is 12.0. The summed E-state index contributed by atoms with van der Waals surface area (Å²) in [6.07, 6.45) is -4.42. The molecule has 2 aromatic rings. The highest BCUT2D eigenvalue weighted by Gasteiger charge is 2.49. The van der Waals surface area contributed by atoms with Crippen LogP contribution < -0.4 is 10.1 Å². The Morgan fingerprint density at radius 1 is 0.930 bits per heavy atom. The molecule has 43 heavy (non-hydrogen) atoms. The van der Waals surface area contributed by atoms with E-state index in [0.29, 0.717) is 28.5 Å². The minimum absolute atomic E-state index is 0.0586. The summed E-state index contributed by atoms with van der Waals surface area (Å²) in [6, 6.07) is 9.05. The van der Waals surface area contributed by atoms with E-state index in [2.05, 4.69) is 5.32 Å². The third kappa shape index (κ3) is 10.0. The van der Waals surface area contributed by atoms with Gasteiger partial charge in [0.1, 0.15) is 5.75 Å². The van der Waals surface area contributed by atoms with Crippen molar-refractivity contribution in [2.24, 2.45) is 0 Å². The number of alkyl halides is 3. The fourth-order valence-electron chi connectivity index (χ4n) is 4.99. The summed E-state index contributed by atoms with van der Waals surface area (Å²) in [5.41, 5.74) is -0.829. The van der Waals surface area contributed by atoms with Gasteiger partial charge in [-0.25, -0.2) is 4.79 Å². The molecule has 0 saturated heterocycles. The van der Waals surface area contributed by atoms with E-state index in [1.54, 1.807) is 31.2 Å². The van der Waals surface area contributed by atoms with Gasteiger partial charge in [0, 0.05) is 10.3 Å². The summed E-state index contributed by atoms with van der Waals surface area (Å²) in [7, 11) is -3.32. The van der Waals surface area contributed by atoms with Gasteiger partial charge in [-0.15, -0.1) is 0 Å². The fourth-order valence-corrected chi connectivity index (χ4v) is 8.53. The summed E-state index contributed by atoms with van der Waals surface area (Å²) in [5, 5.41) is 11.5. The quantitative estimate of drug-likeness (QED) is 0.164. The van der Waals surface area contributed by atoms with Crippen LogP contribution in [-0.2, 0) is 28.1 Å². The molecule has 0 fully saturated rings. The van der Waals surface area contributed by atoms with Crippen LogP contribution in [0.2, 0.25) is 10.0 Å². The van der Waals surface area contributed by atoms with Gasteiger partial charge in [-0.05, 0) is 67.5 Å². The Hall–Kier alpha value is -1.93. The molecule has 0 bridgehead atoms. The average Bonchev–Trinajstić information content (AvgIpc) is 2.88. The summed E-state index contributed by atoms with van der Waals surface area (Å²) in [4.78, 5) is 11.8. The smallest absolute Gasteiger partial charge is 0.419 e. The lowest BCUT2D eigenvalue weighted by atomic mass is 9.89. The molecule has 0 aromatic heterocycles. The normalized spacial score (nSPS) is 14.3. The zero-order valence-electron chi connectivity index (χ0n) is 25.8. The molecule has 6 nitrogen and oxygen atoms in total. The monoisotopic (exact) mass is 667 g/mol. The van der Waals surface area contributed by atoms with Crippen LogP contribution in [0.3, 0.4) is 0 Å². The van der Waals surface area contributed by atoms with Crippen LogP contribution in [0.5, 0.6) is 5.75 Å². The van der Waals surface area contributed by atoms with Crippen molar-refractivity contribution in [1.82, 2.24) is 5.32 Å². The van der Waals surface area contributed by atoms with Crippen molar-refractivity contribution in [3.05, 3.63) is 63.1 Å². The second-order valence-corrected chi connectivity index (χ2v) is 17.6. The van der Waals surface area contributed by atoms with E-state index in [-0.39, 0.29) is 38.2 Å². The van der Waals surface area contributed by atoms with Crippen molar-refractivity contribution < 1.29 is 36.9 Å². The fraction of sp³-hybridized carbons (Fsp3) is 0.581. The Morgan fingerprint density at radius 2 is 1.51 bits per heavy atom. The van der Waals surface area contributed by atoms with Crippen molar-refractivity contribution in [1.29, 1.82) is 0 Å². The number of nitrogens with one attached hydrogen (secondary N) is 1. The standard InChI is InChI=1S/C31H43Cl2F3NO5P/c1-8-30(37-27(38)39,20-42-43(40,28(2,3)4)29(5,6)7)16-15-22-12-14-26(23(18-22)31(34,35)36)41-17-9-10-21-11-13-24(32)25(33)19-21/h11-14,18-19,37H,8-10,15-17,20H2,1-7H3,(H,38,39)/t30-/m0/s1. The van der Waals surface area contributed by atoms with Crippen molar-refractivity contribution in [3.8, 4) is 5.75 Å². The molecule has 242 valence electrons. The van der Waals surface area contributed by atoms with E-state index in [1.807, 2.05) is 41.5 Å². The van der Waals surface area contributed by atoms with Crippen molar-refractivity contribution in [2.45, 2.75) is 103 Å². The summed E-state index contributed by atoms with van der Waals surface area (Å²) in [5.74, 6) is -0.282. The number of amides is 1. The Morgan fingerprint density at radius 3 is 2.02 bits per heavy atom. The number of rotatable bonds is 13. The zero-order chi connectivity index (χ0) is 32.9. The van der Waals surface area contributed by atoms with Gasteiger partial charge in [-0.1, -0.05) is 83.8 Å². The predicted molar refractivity (Wildman–Crippen MR) is 167 cm³/mol. The minimum Gasteiger partial charge on any atom is -0.493 e. The van der Waals surface area contributed by atoms with Crippen molar-refractivity contribution in [3.63, 3.8) is 0 Å². The number of ether oxygens (including phenoxy) is 1. The molecule has 1 amide bonds. The number of hydrogen-bond donors (Lipinski definition) is 2. The average molecular weight is 669 g/mol. The number of halogens is 5. The zero-order valence-corrected chi connectivity index (χ0v) is 28.2. The van der Waals surface area contributed by atoms with Crippen LogP contribution >= 0.6 is 30.6 Å². The van der Waals surface area contributed by atoms with E-state index in [0.717, 1.165) is 11.6 Å². The molecule has 0 heterocycles. The molecule has 1 atom stereocenters. The second kappa shape index (κ2) is 14.4. The Labute approximate surface area is 263 Å². The van der Waals surface area contributed by atoms with Gasteiger partial charge < -0.3 is 19.7 Å². The van der Waals surface area contributed by atoms with Gasteiger partial charge >= 0.3 is 12.3 Å². The van der Waals surface area contributed by atoms with Gasteiger partial charge in [-0.2, -0.15) is 13.2 Å². The molecule has 2 rings (SSSR count). The third-order valence-electron chi connectivity index (χ3n) is 7.43. The highest BCUT2D eigenvalue weighted by atomic mass is 35.5. The van der Waals surface area contributed by atoms with E-state index in [9.17, 15) is 27.6 Å². The van der Waals surface area contributed by atoms with E-state index >= 15 is 0 Å². The number of benzene rings is 2. The molecular formula is C31H43Cl2F3NO5P. The molecule has 2 aromatic carbocycles. The van der Waals surface area contributed by atoms with Crippen LogP contribution in [0.25, 0.3) is 0 Å². The van der Waals surface area contributed by atoms with Crippen LogP contribution in [-0.4, -0.2) is 40.3 Å². The maximum atomic E-state index is 14.0. The van der Waals surface area contributed by atoms with E-state index < -0.39 is 41.1 Å². The third-order valence-corrected chi connectivity index (χ3v) is 12.2. The SMILES string of the molecule is CC[C@](CCc1ccc(OCCCc2ccc(Cl)c(Cl)c2)c(C(F)(F)F)c1)(COP(=O)(C(C)(C)C)C(C)(C)C)NC(=O)O. The minimum atomic E-state index is -4.66. The molecule has 2 N–H and O–H groups in total. The maximum absolute atomic E-state index is 14.0. The Bertz CT molecular complexity index is 1290. The lowest BCUT2D eigenvalue weighted by molar-refractivity contribution is -0.139. The van der Waals surface area contributed by atoms with Gasteiger partial charge in [-0.3, -0.25) is 4.57 Å². The van der Waals surface area contributed by atoms with Gasteiger partial charge in [0.15, 0.2) is 0 Å². The first-order valence-corrected chi connectivity index (χ1v) is 16.5. The number of aryl methyl sites for hydroxylation is 2. The van der Waals surface area contributed by atoms with Crippen molar-refractivity contribution >= 4 is 36.7 Å². The molecule has 12 heteroatoms. The molecule has 0 radical (unpaired) electrons. The molecule has 0 aliphatic carbocycles. The highest BCUT2D eigenvalue weighted by molar-refractivity contribution is 7.62. The van der Waals surface area contributed by atoms with Gasteiger partial charge in [0.05, 0.1) is 34.4 Å². The first kappa shape index (κ1) is 37.3. The predicted octanol–water partition coefficient (Wildman–Crippen LogP) is 10.3. The van der Waals surface area contributed by atoms with Crippen LogP contribution in [0, 0.1) is 0 Å². The molecular weight excluding hydrogens is 625 g/mol. The first-order valence-electron chi connectivity index (χ1n) is 14.2. The highest BCUT2D eigenvalue weighted by Crippen LogP contribution is 2.67. The van der Waals surface area contributed by atoms with Crippen molar-refractivity contribution in [2.75, 3.05) is 13.2 Å². The topological polar surface area (TPSA) is 84.9 Å². The Kier molecular flexibility index (Phi) is 12.5. The number of carbonyl (C=O) groups is 1. The van der Waals surface area contributed by atoms with E-state index in [4.69, 9.17) is 32.5 Å². The van der Waals surface area contributed by atoms with E-state index in [1.165, 1.54) is 6.07 Å². The molecule has 0 aliphatic heterocycles. The molecule has 0 aliphatic rings. The van der Waals surface area contributed by atoms with Crippen LogP contribution in [0.1, 0.15) is 84.4 Å². The van der Waals surface area contributed by atoms with Gasteiger partial charge in [0.2, 0.25) is 7.37 Å². The molecule has 0 spiro atoms. The number of hydrogen-bond acceptors (Lipinski definition) is 4. The second-order valence-electron chi connectivity index (χ2n) is 12.8. The molecule has 0 saturated carbocycles. The van der Waals surface area contributed by atoms with Crippen LogP contribution in [0.15, 0.2) is 36.4 Å². The van der Waals surface area contributed by atoms with Gasteiger partial charge in [0.25, 0.3) is 0 Å². The number of carboxylic acid groups (broad SMARTS) is 1. The first-order chi connectivity index (χ1) is 19.6.